The van der Waals surface area contributed by atoms with E-state index in [1.54, 1.807) is 0 Å². The minimum absolute atomic E-state index is 0. The zero-order chi connectivity index (χ0) is 0. The summed E-state index contributed by atoms with van der Waals surface area (Å²) >= 11 is 0. The smallest absolute Gasteiger partial charge is 1.00 e. The predicted molar refractivity (Wildman–Crippen MR) is 38.3 cm³/mol. The Morgan fingerprint density at radius 2 is 0.231 bits per heavy atom. The maximum atomic E-state index is 0. The van der Waals surface area contributed by atoms with Crippen LogP contribution < -0.4 is 14.1 Å². The van der Waals surface area contributed by atoms with Crippen molar-refractivity contribution in [1.29, 1.82) is 0 Å². The molecule has 0 saturated heterocycles. The normalized spacial score (nSPS) is 0. The predicted octanol–water partition coefficient (Wildman–Crippen LogP) is -16.8. The van der Waals surface area contributed by atoms with Crippen molar-refractivity contribution in [3.05, 3.63) is 0 Å². The van der Waals surface area contributed by atoms with E-state index in [4.69, 9.17) is 0 Å². The molecule has 0 aromatic carbocycles. The maximum absolute atomic E-state index is 0. The Kier molecular flexibility index (Phi) is 103000000000. The first-order valence-corrected chi connectivity index (χ1v) is 0. The summed E-state index contributed by atoms with van der Waals surface area (Å²) in [5.41, 5.74) is 0. The van der Waals surface area contributed by atoms with Crippen LogP contribution >= 0.6 is 0 Å². The molecule has 96 valence electrons. The second-order valence-corrected chi connectivity index (χ2v) is 0. The Hall–Kier alpha value is -0.0375. The number of hydrogen-bond acceptors (Lipinski definition) is 0. The van der Waals surface area contributed by atoms with Crippen LogP contribution in [-0.2, 0) is 0 Å². The summed E-state index contributed by atoms with van der Waals surface area (Å²) in [6.07, 6.45) is 0. The molecule has 0 spiro atoms. The van der Waals surface area contributed by atoms with E-state index in [1.165, 1.54) is 0 Å². The van der Waals surface area contributed by atoms with Crippen LogP contribution in [0.15, 0.2) is 0 Å². The molecule has 0 rings (SSSR count). The van der Waals surface area contributed by atoms with E-state index in [9.17, 15) is 0 Å². The Balaban J connectivity index is 0. The standard InChI is InChI=1S/Al.3FH.9H2O/h;3*1H;9*1H2/q+3;;;;;;;;;;;;/p-3. The van der Waals surface area contributed by atoms with Crippen molar-refractivity contribution >= 4 is 17.4 Å². The number of rotatable bonds is 0. The fraction of sp³-hybridized carbons (Fsp3) is 0. The summed E-state index contributed by atoms with van der Waals surface area (Å²) in [6.45, 7) is 0. The van der Waals surface area contributed by atoms with E-state index in [0.717, 1.165) is 0 Å². The van der Waals surface area contributed by atoms with Gasteiger partial charge in [0.1, 0.15) is 0 Å². The van der Waals surface area contributed by atoms with Crippen molar-refractivity contribution in [2.75, 3.05) is 0 Å². The van der Waals surface area contributed by atoms with Crippen molar-refractivity contribution in [2.24, 2.45) is 0 Å². The van der Waals surface area contributed by atoms with Gasteiger partial charge in [0, 0.05) is 0 Å². The van der Waals surface area contributed by atoms with Crippen molar-refractivity contribution in [1.82, 2.24) is 0 Å². The molecular weight excluding hydrogens is 228 g/mol. The molecule has 13 heteroatoms. The van der Waals surface area contributed by atoms with Crippen LogP contribution in [-0.4, -0.2) is 66.6 Å². The van der Waals surface area contributed by atoms with Gasteiger partial charge in [-0.3, -0.25) is 0 Å². The van der Waals surface area contributed by atoms with Gasteiger partial charge in [-0.2, -0.15) is 0 Å². The van der Waals surface area contributed by atoms with Crippen LogP contribution in [0.4, 0.5) is 0 Å². The SMILES string of the molecule is O.O.O.O.O.O.O.O.O.[Al+3].[F-].[F-].[F-]. The molecule has 0 aliphatic heterocycles. The Morgan fingerprint density at radius 3 is 0.231 bits per heavy atom. The molecule has 0 heterocycles. The molecular formula is H18AlF3O9. The molecule has 18 N–H and O–H groups in total. The van der Waals surface area contributed by atoms with Gasteiger partial charge in [0.15, 0.2) is 0 Å². The Morgan fingerprint density at radius 1 is 0.231 bits per heavy atom. The first-order chi connectivity index (χ1) is 0. The van der Waals surface area contributed by atoms with Gasteiger partial charge >= 0.3 is 17.4 Å². The average molecular weight is 246 g/mol. The van der Waals surface area contributed by atoms with E-state index in [0.29, 0.717) is 0 Å². The monoisotopic (exact) mass is 246 g/mol. The summed E-state index contributed by atoms with van der Waals surface area (Å²) in [6, 6.07) is 0. The molecule has 0 aromatic heterocycles. The molecule has 0 aromatic rings. The van der Waals surface area contributed by atoms with Crippen molar-refractivity contribution in [3.63, 3.8) is 0 Å². The summed E-state index contributed by atoms with van der Waals surface area (Å²) < 4.78 is 0. The van der Waals surface area contributed by atoms with Gasteiger partial charge in [-0.15, -0.1) is 0 Å². The Labute approximate surface area is 81.8 Å². The van der Waals surface area contributed by atoms with Gasteiger partial charge < -0.3 is 63.4 Å². The zero-order valence-electron chi connectivity index (χ0n) is 6.21. The minimum Gasteiger partial charge on any atom is -1.00 e. The third-order valence-electron chi connectivity index (χ3n) is 0. The quantitative estimate of drug-likeness (QED) is 0.359. The zero-order valence-corrected chi connectivity index (χ0v) is 7.37. The fourth-order valence-corrected chi connectivity index (χ4v) is 0. The largest absolute Gasteiger partial charge is 3.00 e. The van der Waals surface area contributed by atoms with E-state index in [-0.39, 0.29) is 80.8 Å². The van der Waals surface area contributed by atoms with Crippen LogP contribution in [0.1, 0.15) is 0 Å². The summed E-state index contributed by atoms with van der Waals surface area (Å²) in [5.74, 6) is 0. The molecule has 0 radical (unpaired) electrons. The van der Waals surface area contributed by atoms with E-state index < -0.39 is 0 Å². The first-order valence-electron chi connectivity index (χ1n) is 0. The van der Waals surface area contributed by atoms with Crippen molar-refractivity contribution in [3.8, 4) is 0 Å². The minimum atomic E-state index is 0. The van der Waals surface area contributed by atoms with Gasteiger partial charge in [0.2, 0.25) is 0 Å². The maximum Gasteiger partial charge on any atom is 3.00 e. The van der Waals surface area contributed by atoms with Gasteiger partial charge in [0.25, 0.3) is 0 Å². The second-order valence-electron chi connectivity index (χ2n) is 0. The first kappa shape index (κ1) is 1320000. The average Bonchev–Trinajstić information content (AvgIpc) is 0. The molecule has 0 fully saturated rings. The molecule has 0 aliphatic rings. The summed E-state index contributed by atoms with van der Waals surface area (Å²) in [5, 5.41) is 0. The molecule has 0 aliphatic carbocycles. The van der Waals surface area contributed by atoms with Gasteiger partial charge in [-0.25, -0.2) is 0 Å². The number of hydrogen-bond donors (Lipinski definition) is 0. The molecule has 0 bridgehead atoms. The van der Waals surface area contributed by atoms with E-state index in [1.807, 2.05) is 0 Å². The van der Waals surface area contributed by atoms with Gasteiger partial charge in [-0.05, 0) is 0 Å². The topological polar surface area (TPSA) is 284 Å². The van der Waals surface area contributed by atoms with Crippen LogP contribution in [0.3, 0.4) is 0 Å². The van der Waals surface area contributed by atoms with Crippen molar-refractivity contribution in [2.45, 2.75) is 0 Å². The van der Waals surface area contributed by atoms with E-state index in [2.05, 4.69) is 0 Å². The third kappa shape index (κ3) is 843000. The molecule has 0 unspecified atom stereocenters. The van der Waals surface area contributed by atoms with Gasteiger partial charge in [-0.1, -0.05) is 0 Å². The molecule has 0 atom stereocenters. The summed E-state index contributed by atoms with van der Waals surface area (Å²) in [4.78, 5) is 0. The fourth-order valence-electron chi connectivity index (χ4n) is 0. The third-order valence-corrected chi connectivity index (χ3v) is 0. The van der Waals surface area contributed by atoms with Crippen molar-refractivity contribution < 1.29 is 63.4 Å². The van der Waals surface area contributed by atoms with E-state index >= 15 is 0 Å². The molecule has 0 saturated carbocycles. The van der Waals surface area contributed by atoms with Crippen LogP contribution in [0.25, 0.3) is 0 Å². The molecule has 0 amide bonds. The van der Waals surface area contributed by atoms with Crippen LogP contribution in [0.5, 0.6) is 0 Å². The summed E-state index contributed by atoms with van der Waals surface area (Å²) in [7, 11) is 0. The van der Waals surface area contributed by atoms with Gasteiger partial charge in [0.05, 0.1) is 0 Å². The molecule has 9 nitrogen and oxygen atoms in total. The van der Waals surface area contributed by atoms with Crippen LogP contribution in [0, 0.1) is 0 Å². The number of halogens is 3. The second kappa shape index (κ2) is 1020000. The Bertz CT molecular complexity index is 14.8. The van der Waals surface area contributed by atoms with Crippen LogP contribution in [0.2, 0.25) is 0 Å². The molecule has 13 heavy (non-hydrogen) atoms.